The van der Waals surface area contributed by atoms with Crippen LogP contribution in [0.4, 0.5) is 15.8 Å². The van der Waals surface area contributed by atoms with Gasteiger partial charge in [0.25, 0.3) is 17.5 Å². The molecule has 0 radical (unpaired) electrons. The van der Waals surface area contributed by atoms with E-state index >= 15 is 0 Å². The predicted molar refractivity (Wildman–Crippen MR) is 108 cm³/mol. The second kappa shape index (κ2) is 6.52. The lowest BCUT2D eigenvalue weighted by molar-refractivity contribution is -0.384. The number of nitro groups is 1. The summed E-state index contributed by atoms with van der Waals surface area (Å²) in [7, 11) is 1.66. The number of non-ortho nitro benzene ring substituents is 1. The van der Waals surface area contributed by atoms with Crippen molar-refractivity contribution in [2.75, 3.05) is 4.90 Å². The van der Waals surface area contributed by atoms with E-state index in [1.54, 1.807) is 7.05 Å². The van der Waals surface area contributed by atoms with E-state index in [4.69, 9.17) is 0 Å². The molecule has 152 valence electrons. The van der Waals surface area contributed by atoms with Crippen molar-refractivity contribution in [1.82, 2.24) is 14.8 Å². The Balaban J connectivity index is 1.70. The lowest BCUT2D eigenvalue weighted by Gasteiger charge is -2.13. The third kappa shape index (κ3) is 2.69. The smallest absolute Gasteiger partial charge is 0.268 e. The summed E-state index contributed by atoms with van der Waals surface area (Å²) >= 11 is 0. The molecular formula is C21H12FN5O4. The number of pyridine rings is 1. The van der Waals surface area contributed by atoms with Crippen molar-refractivity contribution >= 4 is 34.2 Å². The van der Waals surface area contributed by atoms with Crippen molar-refractivity contribution < 1.29 is 18.9 Å². The third-order valence-corrected chi connectivity index (χ3v) is 5.14. The molecule has 2 amide bonds. The fourth-order valence-electron chi connectivity index (χ4n) is 3.69. The van der Waals surface area contributed by atoms with Crippen LogP contribution in [-0.2, 0) is 7.05 Å². The molecule has 0 saturated carbocycles. The molecular weight excluding hydrogens is 405 g/mol. The monoisotopic (exact) mass is 417 g/mol. The lowest BCUT2D eigenvalue weighted by atomic mass is 10.0. The standard InChI is InChI=1S/C21H12FN5O4/c1-25-19-17(18(24-25)11-2-4-12(22)5-3-11)16-15(10-23-19)20(28)26(21(16)29)13-6-8-14(9-7-13)27(30)31/h2-10H,1H3. The molecule has 0 saturated heterocycles. The summed E-state index contributed by atoms with van der Waals surface area (Å²) in [5, 5.41) is 15.7. The molecule has 10 heteroatoms. The Morgan fingerprint density at radius 3 is 2.32 bits per heavy atom. The highest BCUT2D eigenvalue weighted by Gasteiger charge is 2.40. The number of hydrogen-bond acceptors (Lipinski definition) is 6. The molecule has 0 N–H and O–H groups in total. The number of aromatic nitrogens is 3. The van der Waals surface area contributed by atoms with Crippen LogP contribution < -0.4 is 4.90 Å². The molecule has 1 aliphatic heterocycles. The Hall–Kier alpha value is -4.47. The summed E-state index contributed by atoms with van der Waals surface area (Å²) in [4.78, 5) is 42.0. The summed E-state index contributed by atoms with van der Waals surface area (Å²) < 4.78 is 14.9. The summed E-state index contributed by atoms with van der Waals surface area (Å²) in [5.41, 5.74) is 1.65. The van der Waals surface area contributed by atoms with Crippen LogP contribution in [0.25, 0.3) is 22.3 Å². The highest BCUT2D eigenvalue weighted by molar-refractivity contribution is 6.38. The van der Waals surface area contributed by atoms with Gasteiger partial charge in [-0.3, -0.25) is 19.7 Å². The zero-order valence-electron chi connectivity index (χ0n) is 15.9. The number of imide groups is 1. The highest BCUT2D eigenvalue weighted by atomic mass is 19.1. The molecule has 0 fully saturated rings. The van der Waals surface area contributed by atoms with Crippen molar-refractivity contribution in [2.45, 2.75) is 0 Å². The van der Waals surface area contributed by atoms with Crippen LogP contribution in [-0.4, -0.2) is 31.5 Å². The van der Waals surface area contributed by atoms with Crippen molar-refractivity contribution in [1.29, 1.82) is 0 Å². The van der Waals surface area contributed by atoms with Crippen LogP contribution in [0.3, 0.4) is 0 Å². The van der Waals surface area contributed by atoms with Crippen molar-refractivity contribution in [3.05, 3.63) is 81.8 Å². The highest BCUT2D eigenvalue weighted by Crippen LogP contribution is 2.37. The Morgan fingerprint density at radius 1 is 1.00 bits per heavy atom. The molecule has 2 aromatic heterocycles. The Labute approximate surface area is 173 Å². The first kappa shape index (κ1) is 18.6. The average molecular weight is 417 g/mol. The molecule has 4 aromatic rings. The number of halogens is 1. The first-order valence-corrected chi connectivity index (χ1v) is 9.11. The maximum absolute atomic E-state index is 13.4. The zero-order chi connectivity index (χ0) is 21.9. The minimum atomic E-state index is -0.586. The number of rotatable bonds is 3. The van der Waals surface area contributed by atoms with Gasteiger partial charge in [0.05, 0.1) is 27.1 Å². The van der Waals surface area contributed by atoms with Gasteiger partial charge in [0.15, 0.2) is 5.65 Å². The Kier molecular flexibility index (Phi) is 3.90. The summed E-state index contributed by atoms with van der Waals surface area (Å²) in [6.07, 6.45) is 1.32. The van der Waals surface area contributed by atoms with Crippen LogP contribution in [0.2, 0.25) is 0 Å². The number of carbonyl (C=O) groups excluding carboxylic acids is 2. The second-order valence-electron chi connectivity index (χ2n) is 6.94. The van der Waals surface area contributed by atoms with E-state index < -0.39 is 22.6 Å². The van der Waals surface area contributed by atoms with Gasteiger partial charge < -0.3 is 0 Å². The molecule has 0 atom stereocenters. The van der Waals surface area contributed by atoms with Gasteiger partial charge in [-0.25, -0.2) is 19.0 Å². The minimum Gasteiger partial charge on any atom is -0.268 e. The van der Waals surface area contributed by atoms with E-state index in [1.807, 2.05) is 0 Å². The Morgan fingerprint density at radius 2 is 1.68 bits per heavy atom. The van der Waals surface area contributed by atoms with Crippen LogP contribution >= 0.6 is 0 Å². The van der Waals surface area contributed by atoms with E-state index in [0.29, 0.717) is 22.3 Å². The van der Waals surface area contributed by atoms with E-state index in [9.17, 15) is 24.1 Å². The van der Waals surface area contributed by atoms with Crippen LogP contribution in [0, 0.1) is 15.9 Å². The van der Waals surface area contributed by atoms with Gasteiger partial charge in [-0.2, -0.15) is 5.10 Å². The quantitative estimate of drug-likeness (QED) is 0.287. The second-order valence-corrected chi connectivity index (χ2v) is 6.94. The number of fused-ring (bicyclic) bond motifs is 3. The normalized spacial score (nSPS) is 13.2. The van der Waals surface area contributed by atoms with Gasteiger partial charge in [0.1, 0.15) is 11.5 Å². The van der Waals surface area contributed by atoms with E-state index in [1.165, 1.54) is 59.4 Å². The topological polar surface area (TPSA) is 111 Å². The lowest BCUT2D eigenvalue weighted by Crippen LogP contribution is -2.29. The molecule has 0 unspecified atom stereocenters. The van der Waals surface area contributed by atoms with E-state index in [0.717, 1.165) is 4.90 Å². The molecule has 31 heavy (non-hydrogen) atoms. The number of hydrogen-bond donors (Lipinski definition) is 0. The number of anilines is 1. The molecule has 1 aliphatic rings. The minimum absolute atomic E-state index is 0.104. The number of amides is 2. The van der Waals surface area contributed by atoms with Gasteiger partial charge in [-0.1, -0.05) is 0 Å². The molecule has 0 spiro atoms. The van der Waals surface area contributed by atoms with Gasteiger partial charge in [-0.15, -0.1) is 0 Å². The van der Waals surface area contributed by atoms with E-state index in [2.05, 4.69) is 10.1 Å². The SMILES string of the molecule is Cn1nc(-c2ccc(F)cc2)c2c3c(cnc21)C(=O)N(c1ccc([N+](=O)[O-])cc1)C3=O. The third-order valence-electron chi connectivity index (χ3n) is 5.14. The maximum atomic E-state index is 13.4. The summed E-state index contributed by atoms with van der Waals surface area (Å²) in [5.74, 6) is -1.59. The van der Waals surface area contributed by atoms with E-state index in [-0.39, 0.29) is 22.5 Å². The average Bonchev–Trinajstić information content (AvgIpc) is 3.23. The molecule has 2 aromatic carbocycles. The van der Waals surface area contributed by atoms with Crippen molar-refractivity contribution in [2.24, 2.45) is 7.05 Å². The number of nitro benzene ring substituents is 1. The number of aryl methyl sites for hydroxylation is 1. The summed E-state index contributed by atoms with van der Waals surface area (Å²) in [6.45, 7) is 0. The molecule has 9 nitrogen and oxygen atoms in total. The van der Waals surface area contributed by atoms with Gasteiger partial charge >= 0.3 is 0 Å². The fraction of sp³-hybridized carbons (Fsp3) is 0.0476. The van der Waals surface area contributed by atoms with Crippen LogP contribution in [0.5, 0.6) is 0 Å². The number of benzene rings is 2. The molecule has 3 heterocycles. The van der Waals surface area contributed by atoms with Crippen LogP contribution in [0.15, 0.2) is 54.7 Å². The van der Waals surface area contributed by atoms with Gasteiger partial charge in [0.2, 0.25) is 0 Å². The first-order chi connectivity index (χ1) is 14.9. The van der Waals surface area contributed by atoms with Gasteiger partial charge in [0, 0.05) is 30.9 Å². The molecule has 5 rings (SSSR count). The fourth-order valence-corrected chi connectivity index (χ4v) is 3.69. The maximum Gasteiger partial charge on any atom is 0.269 e. The largest absolute Gasteiger partial charge is 0.269 e. The van der Waals surface area contributed by atoms with Crippen LogP contribution in [0.1, 0.15) is 20.7 Å². The van der Waals surface area contributed by atoms with Crippen molar-refractivity contribution in [3.8, 4) is 11.3 Å². The van der Waals surface area contributed by atoms with Gasteiger partial charge in [-0.05, 0) is 36.4 Å². The predicted octanol–water partition coefficient (Wildman–Crippen LogP) is 3.48. The Bertz CT molecular complexity index is 1410. The van der Waals surface area contributed by atoms with Crippen molar-refractivity contribution in [3.63, 3.8) is 0 Å². The molecule has 0 bridgehead atoms. The number of carbonyl (C=O) groups is 2. The number of nitrogens with zero attached hydrogens (tertiary/aromatic N) is 5. The first-order valence-electron chi connectivity index (χ1n) is 9.11. The zero-order valence-corrected chi connectivity index (χ0v) is 15.9. The molecule has 0 aliphatic carbocycles. The summed E-state index contributed by atoms with van der Waals surface area (Å²) in [6, 6.07) is 10.8.